The summed E-state index contributed by atoms with van der Waals surface area (Å²) in [4.78, 5) is 0. The Morgan fingerprint density at radius 1 is 1.27 bits per heavy atom. The molecule has 15 heavy (non-hydrogen) atoms. The molecular weight excluding hydrogens is 180 g/mol. The second-order valence-electron chi connectivity index (χ2n) is 4.33. The molecule has 1 aromatic carbocycles. The van der Waals surface area contributed by atoms with Crippen molar-refractivity contribution in [2.45, 2.75) is 13.3 Å². The Labute approximate surface area is 89.9 Å². The molecule has 74 valence electrons. The minimum absolute atomic E-state index is 0.601. The molecule has 1 unspecified atom stereocenters. The minimum Gasteiger partial charge on any atom is -0.0836 e. The molecule has 1 aromatic rings. The SMILES string of the molecule is Cc1cccc2c1=CC1=CC=CCC1C=2. The summed E-state index contributed by atoms with van der Waals surface area (Å²) in [5.41, 5.74) is 2.83. The second kappa shape index (κ2) is 3.23. The van der Waals surface area contributed by atoms with Crippen LogP contribution in [0.1, 0.15) is 12.0 Å². The summed E-state index contributed by atoms with van der Waals surface area (Å²) in [5, 5.41) is 2.79. The third kappa shape index (κ3) is 1.37. The van der Waals surface area contributed by atoms with E-state index in [9.17, 15) is 0 Å². The van der Waals surface area contributed by atoms with Gasteiger partial charge in [-0.25, -0.2) is 0 Å². The highest BCUT2D eigenvalue weighted by Gasteiger charge is 2.13. The zero-order valence-corrected chi connectivity index (χ0v) is 8.90. The number of hydrogen-bond donors (Lipinski definition) is 0. The number of aryl methyl sites for hydroxylation is 1. The van der Waals surface area contributed by atoms with Crippen LogP contribution in [0.2, 0.25) is 0 Å². The van der Waals surface area contributed by atoms with Crippen LogP contribution in [0.4, 0.5) is 0 Å². The highest BCUT2D eigenvalue weighted by Crippen LogP contribution is 2.24. The van der Waals surface area contributed by atoms with Gasteiger partial charge in [-0.1, -0.05) is 48.6 Å². The quantitative estimate of drug-likeness (QED) is 0.593. The molecule has 0 bridgehead atoms. The number of rotatable bonds is 0. The van der Waals surface area contributed by atoms with E-state index < -0.39 is 0 Å². The minimum atomic E-state index is 0.601. The molecule has 0 heterocycles. The summed E-state index contributed by atoms with van der Waals surface area (Å²) in [6.07, 6.45) is 12.5. The van der Waals surface area contributed by atoms with Gasteiger partial charge in [0.15, 0.2) is 0 Å². The van der Waals surface area contributed by atoms with Crippen molar-refractivity contribution in [3.05, 3.63) is 58.0 Å². The van der Waals surface area contributed by atoms with Crippen LogP contribution in [0, 0.1) is 12.8 Å². The molecule has 0 heteroatoms. The zero-order valence-electron chi connectivity index (χ0n) is 8.90. The molecule has 2 aliphatic carbocycles. The average Bonchev–Trinajstić information content (AvgIpc) is 2.27. The summed E-state index contributed by atoms with van der Waals surface area (Å²) in [6, 6.07) is 6.54. The second-order valence-corrected chi connectivity index (χ2v) is 4.33. The van der Waals surface area contributed by atoms with E-state index >= 15 is 0 Å². The Kier molecular flexibility index (Phi) is 1.88. The molecule has 0 N–H and O–H groups in total. The van der Waals surface area contributed by atoms with Crippen LogP contribution in [-0.4, -0.2) is 0 Å². The van der Waals surface area contributed by atoms with Gasteiger partial charge in [-0.3, -0.25) is 0 Å². The molecule has 0 radical (unpaired) electrons. The molecule has 1 atom stereocenters. The van der Waals surface area contributed by atoms with Crippen molar-refractivity contribution in [2.75, 3.05) is 0 Å². The summed E-state index contributed by atoms with van der Waals surface area (Å²) >= 11 is 0. The van der Waals surface area contributed by atoms with Gasteiger partial charge in [-0.2, -0.15) is 0 Å². The third-order valence-electron chi connectivity index (χ3n) is 3.29. The zero-order chi connectivity index (χ0) is 10.3. The van der Waals surface area contributed by atoms with Gasteiger partial charge >= 0.3 is 0 Å². The van der Waals surface area contributed by atoms with E-state index in [1.807, 2.05) is 0 Å². The van der Waals surface area contributed by atoms with Crippen molar-refractivity contribution in [3.63, 3.8) is 0 Å². The predicted octanol–water partition coefficient (Wildman–Crippen LogP) is 2.07. The first-order valence-corrected chi connectivity index (χ1v) is 5.50. The van der Waals surface area contributed by atoms with Crippen molar-refractivity contribution in [2.24, 2.45) is 5.92 Å². The van der Waals surface area contributed by atoms with Crippen molar-refractivity contribution < 1.29 is 0 Å². The van der Waals surface area contributed by atoms with E-state index in [0.29, 0.717) is 5.92 Å². The van der Waals surface area contributed by atoms with Crippen molar-refractivity contribution in [3.8, 4) is 0 Å². The molecule has 0 fully saturated rings. The van der Waals surface area contributed by atoms with E-state index in [-0.39, 0.29) is 0 Å². The Hall–Kier alpha value is -1.56. The first-order valence-electron chi connectivity index (χ1n) is 5.50. The molecule has 2 aliphatic rings. The molecule has 0 saturated heterocycles. The average molecular weight is 194 g/mol. The first-order chi connectivity index (χ1) is 7.34. The largest absolute Gasteiger partial charge is 0.0836 e. The van der Waals surface area contributed by atoms with Crippen LogP contribution >= 0.6 is 0 Å². The van der Waals surface area contributed by atoms with E-state index in [1.165, 1.54) is 21.6 Å². The predicted molar refractivity (Wildman–Crippen MR) is 64.7 cm³/mol. The van der Waals surface area contributed by atoms with Gasteiger partial charge in [-0.05, 0) is 34.9 Å². The number of allylic oxidation sites excluding steroid dienone is 4. The fourth-order valence-corrected chi connectivity index (χ4v) is 2.41. The Bertz CT molecular complexity index is 571. The maximum atomic E-state index is 2.40. The lowest BCUT2D eigenvalue weighted by atomic mass is 9.86. The van der Waals surface area contributed by atoms with Crippen molar-refractivity contribution >= 4 is 12.2 Å². The van der Waals surface area contributed by atoms with Crippen LogP contribution in [-0.2, 0) is 0 Å². The van der Waals surface area contributed by atoms with Gasteiger partial charge in [0.1, 0.15) is 0 Å². The molecule has 3 rings (SSSR count). The molecule has 0 aromatic heterocycles. The highest BCUT2D eigenvalue weighted by molar-refractivity contribution is 5.61. The summed E-state index contributed by atoms with van der Waals surface area (Å²) in [6.45, 7) is 2.18. The fourth-order valence-electron chi connectivity index (χ4n) is 2.41. The maximum Gasteiger partial charge on any atom is 0.00620 e. The van der Waals surface area contributed by atoms with Crippen LogP contribution < -0.4 is 10.4 Å². The van der Waals surface area contributed by atoms with Gasteiger partial charge in [0.05, 0.1) is 0 Å². The van der Waals surface area contributed by atoms with E-state index in [0.717, 1.165) is 6.42 Å². The lowest BCUT2D eigenvalue weighted by Crippen LogP contribution is -2.32. The Morgan fingerprint density at radius 2 is 2.20 bits per heavy atom. The standard InChI is InChI=1S/C15H14/c1-11-5-4-8-14-9-12-6-2-3-7-13(12)10-15(11)14/h2-5,7-10,12H,6H2,1H3. The van der Waals surface area contributed by atoms with Crippen LogP contribution in [0.3, 0.4) is 0 Å². The smallest absolute Gasteiger partial charge is 0.00620 e. The van der Waals surface area contributed by atoms with Gasteiger partial charge in [0.25, 0.3) is 0 Å². The number of fused-ring (bicyclic) bond motifs is 2. The molecular formula is C15H14. The topological polar surface area (TPSA) is 0 Å². The van der Waals surface area contributed by atoms with Gasteiger partial charge in [0.2, 0.25) is 0 Å². The molecule has 0 spiro atoms. The van der Waals surface area contributed by atoms with Crippen molar-refractivity contribution in [1.82, 2.24) is 0 Å². The lowest BCUT2D eigenvalue weighted by Gasteiger charge is -2.19. The highest BCUT2D eigenvalue weighted by atomic mass is 14.2. The number of hydrogen-bond acceptors (Lipinski definition) is 0. The van der Waals surface area contributed by atoms with Crippen LogP contribution in [0.5, 0.6) is 0 Å². The Morgan fingerprint density at radius 3 is 3.13 bits per heavy atom. The van der Waals surface area contributed by atoms with Gasteiger partial charge in [0, 0.05) is 5.92 Å². The fraction of sp³-hybridized carbons (Fsp3) is 0.200. The molecule has 0 amide bonds. The van der Waals surface area contributed by atoms with E-state index in [4.69, 9.17) is 0 Å². The van der Waals surface area contributed by atoms with Gasteiger partial charge < -0.3 is 0 Å². The monoisotopic (exact) mass is 194 g/mol. The van der Waals surface area contributed by atoms with Crippen LogP contribution in [0.15, 0.2) is 42.0 Å². The third-order valence-corrected chi connectivity index (χ3v) is 3.29. The van der Waals surface area contributed by atoms with Crippen molar-refractivity contribution in [1.29, 1.82) is 0 Å². The summed E-state index contributed by atoms with van der Waals surface area (Å²) in [7, 11) is 0. The summed E-state index contributed by atoms with van der Waals surface area (Å²) < 4.78 is 0. The van der Waals surface area contributed by atoms with Gasteiger partial charge in [-0.15, -0.1) is 0 Å². The molecule has 0 nitrogen and oxygen atoms in total. The molecule has 0 saturated carbocycles. The molecule has 0 aliphatic heterocycles. The maximum absolute atomic E-state index is 2.40. The van der Waals surface area contributed by atoms with E-state index in [1.54, 1.807) is 0 Å². The van der Waals surface area contributed by atoms with Crippen LogP contribution in [0.25, 0.3) is 12.2 Å². The lowest BCUT2D eigenvalue weighted by molar-refractivity contribution is 0.829. The summed E-state index contributed by atoms with van der Waals surface area (Å²) in [5.74, 6) is 0.601. The Balaban J connectivity index is 2.33. The number of benzene rings is 1. The normalized spacial score (nSPS) is 21.9. The first kappa shape index (κ1) is 8.72. The van der Waals surface area contributed by atoms with E-state index in [2.05, 4.69) is 55.5 Å².